The Hall–Kier alpha value is -0.570. The summed E-state index contributed by atoms with van der Waals surface area (Å²) in [5.74, 6) is 1.06. The highest BCUT2D eigenvalue weighted by molar-refractivity contribution is 5.76. The molecule has 80 valence electrons. The second kappa shape index (κ2) is 4.30. The van der Waals surface area contributed by atoms with E-state index in [0.717, 1.165) is 32.5 Å². The maximum atomic E-state index is 11.8. The molecule has 0 aromatic carbocycles. The topological polar surface area (TPSA) is 32.3 Å². The molecule has 3 heteroatoms. The molecule has 0 aliphatic carbocycles. The SMILES string of the molecule is CCCC(=O)N1CC2CCC(C1)NC2. The summed E-state index contributed by atoms with van der Waals surface area (Å²) in [7, 11) is 0. The molecule has 1 N–H and O–H groups in total. The van der Waals surface area contributed by atoms with Crippen LogP contribution in [-0.2, 0) is 4.79 Å². The molecule has 3 rings (SSSR count). The van der Waals surface area contributed by atoms with Gasteiger partial charge in [0, 0.05) is 25.6 Å². The Morgan fingerprint density at radius 2 is 2.29 bits per heavy atom. The Morgan fingerprint density at radius 3 is 2.93 bits per heavy atom. The fourth-order valence-electron chi connectivity index (χ4n) is 2.51. The van der Waals surface area contributed by atoms with Crippen molar-refractivity contribution < 1.29 is 4.79 Å². The van der Waals surface area contributed by atoms with E-state index < -0.39 is 0 Å². The molecule has 3 fully saturated rings. The molecule has 3 heterocycles. The molecule has 3 nitrogen and oxygen atoms in total. The number of fused-ring (bicyclic) bond motifs is 4. The van der Waals surface area contributed by atoms with Gasteiger partial charge in [-0.2, -0.15) is 0 Å². The summed E-state index contributed by atoms with van der Waals surface area (Å²) in [5, 5.41) is 3.51. The van der Waals surface area contributed by atoms with Crippen molar-refractivity contribution in [3.8, 4) is 0 Å². The van der Waals surface area contributed by atoms with E-state index in [9.17, 15) is 4.79 Å². The zero-order valence-electron chi connectivity index (χ0n) is 8.96. The Kier molecular flexibility index (Phi) is 3.06. The van der Waals surface area contributed by atoms with Crippen LogP contribution in [0.2, 0.25) is 0 Å². The van der Waals surface area contributed by atoms with E-state index in [2.05, 4.69) is 17.1 Å². The maximum Gasteiger partial charge on any atom is 0.222 e. The second-order valence-corrected chi connectivity index (χ2v) is 4.60. The zero-order chi connectivity index (χ0) is 9.97. The predicted octanol–water partition coefficient (Wildman–Crippen LogP) is 0.997. The number of amides is 1. The molecule has 2 bridgehead atoms. The lowest BCUT2D eigenvalue weighted by Crippen LogP contribution is -2.40. The Balaban J connectivity index is 1.96. The monoisotopic (exact) mass is 196 g/mol. The van der Waals surface area contributed by atoms with E-state index in [-0.39, 0.29) is 0 Å². The maximum absolute atomic E-state index is 11.8. The van der Waals surface area contributed by atoms with Crippen molar-refractivity contribution in [1.29, 1.82) is 0 Å². The number of carbonyl (C=O) groups is 1. The molecule has 3 saturated heterocycles. The van der Waals surface area contributed by atoms with Crippen molar-refractivity contribution in [3.05, 3.63) is 0 Å². The summed E-state index contributed by atoms with van der Waals surface area (Å²) in [5.41, 5.74) is 0. The first kappa shape index (κ1) is 9.97. The molecule has 3 aliphatic heterocycles. The Labute approximate surface area is 85.8 Å². The van der Waals surface area contributed by atoms with Gasteiger partial charge in [0.15, 0.2) is 0 Å². The third-order valence-corrected chi connectivity index (χ3v) is 3.35. The average Bonchev–Trinajstić information content (AvgIpc) is 2.50. The van der Waals surface area contributed by atoms with E-state index in [4.69, 9.17) is 0 Å². The lowest BCUT2D eigenvalue weighted by Gasteiger charge is -2.23. The molecule has 1 amide bonds. The van der Waals surface area contributed by atoms with E-state index in [1.54, 1.807) is 0 Å². The van der Waals surface area contributed by atoms with Crippen LogP contribution in [0.5, 0.6) is 0 Å². The van der Waals surface area contributed by atoms with Crippen molar-refractivity contribution in [1.82, 2.24) is 10.2 Å². The van der Waals surface area contributed by atoms with E-state index in [1.165, 1.54) is 12.8 Å². The van der Waals surface area contributed by atoms with Crippen LogP contribution in [0.3, 0.4) is 0 Å². The first-order valence-corrected chi connectivity index (χ1v) is 5.80. The largest absolute Gasteiger partial charge is 0.341 e. The van der Waals surface area contributed by atoms with Gasteiger partial charge in [0.2, 0.25) is 5.91 Å². The van der Waals surface area contributed by atoms with E-state index >= 15 is 0 Å². The zero-order valence-corrected chi connectivity index (χ0v) is 8.96. The van der Waals surface area contributed by atoms with E-state index in [1.807, 2.05) is 0 Å². The van der Waals surface area contributed by atoms with Gasteiger partial charge in [-0.05, 0) is 31.7 Å². The molecule has 0 saturated carbocycles. The lowest BCUT2D eigenvalue weighted by atomic mass is 9.97. The van der Waals surface area contributed by atoms with Gasteiger partial charge in [0.05, 0.1) is 0 Å². The van der Waals surface area contributed by atoms with Gasteiger partial charge < -0.3 is 10.2 Å². The Bertz CT molecular complexity index is 195. The molecular formula is C11H20N2O. The molecule has 0 radical (unpaired) electrons. The van der Waals surface area contributed by atoms with Gasteiger partial charge in [0.1, 0.15) is 0 Å². The third kappa shape index (κ3) is 2.08. The standard InChI is InChI=1S/C11H20N2O/c1-2-3-11(14)13-7-9-4-5-10(8-13)12-6-9/h9-10,12H,2-8H2,1H3. The van der Waals surface area contributed by atoms with Crippen LogP contribution >= 0.6 is 0 Å². The molecule has 14 heavy (non-hydrogen) atoms. The average molecular weight is 196 g/mol. The van der Waals surface area contributed by atoms with Gasteiger partial charge in [0.25, 0.3) is 0 Å². The van der Waals surface area contributed by atoms with Crippen LogP contribution in [0.25, 0.3) is 0 Å². The number of piperidine rings is 1. The smallest absolute Gasteiger partial charge is 0.222 e. The first-order chi connectivity index (χ1) is 6.79. The minimum atomic E-state index is 0.355. The van der Waals surface area contributed by atoms with Gasteiger partial charge in [-0.3, -0.25) is 4.79 Å². The number of nitrogens with one attached hydrogen (secondary N) is 1. The number of carbonyl (C=O) groups excluding carboxylic acids is 1. The van der Waals surface area contributed by atoms with Crippen molar-refractivity contribution >= 4 is 5.91 Å². The number of rotatable bonds is 2. The number of hydrogen-bond donors (Lipinski definition) is 1. The van der Waals surface area contributed by atoms with Gasteiger partial charge in [-0.1, -0.05) is 6.92 Å². The minimum Gasteiger partial charge on any atom is -0.341 e. The number of nitrogens with zero attached hydrogens (tertiary/aromatic N) is 1. The van der Waals surface area contributed by atoms with Crippen molar-refractivity contribution in [2.24, 2.45) is 5.92 Å². The van der Waals surface area contributed by atoms with Gasteiger partial charge >= 0.3 is 0 Å². The van der Waals surface area contributed by atoms with Gasteiger partial charge in [-0.15, -0.1) is 0 Å². The van der Waals surface area contributed by atoms with Crippen LogP contribution in [0.1, 0.15) is 32.6 Å². The highest BCUT2D eigenvalue weighted by Crippen LogP contribution is 2.21. The first-order valence-electron chi connectivity index (χ1n) is 5.80. The molecule has 2 atom stereocenters. The van der Waals surface area contributed by atoms with Crippen LogP contribution in [0.4, 0.5) is 0 Å². The van der Waals surface area contributed by atoms with Crippen LogP contribution in [0, 0.1) is 5.92 Å². The molecule has 3 aliphatic rings. The highest BCUT2D eigenvalue weighted by Gasteiger charge is 2.30. The quantitative estimate of drug-likeness (QED) is 0.714. The van der Waals surface area contributed by atoms with Gasteiger partial charge in [-0.25, -0.2) is 0 Å². The molecule has 0 aromatic rings. The molecular weight excluding hydrogens is 176 g/mol. The van der Waals surface area contributed by atoms with Crippen LogP contribution < -0.4 is 5.32 Å². The molecule has 0 aromatic heterocycles. The predicted molar refractivity (Wildman–Crippen MR) is 56.0 cm³/mol. The van der Waals surface area contributed by atoms with Crippen LogP contribution in [0.15, 0.2) is 0 Å². The van der Waals surface area contributed by atoms with Crippen LogP contribution in [-0.4, -0.2) is 36.5 Å². The number of hydrogen-bond acceptors (Lipinski definition) is 2. The van der Waals surface area contributed by atoms with Crippen molar-refractivity contribution in [3.63, 3.8) is 0 Å². The Morgan fingerprint density at radius 1 is 1.43 bits per heavy atom. The third-order valence-electron chi connectivity index (χ3n) is 3.35. The van der Waals surface area contributed by atoms with E-state index in [0.29, 0.717) is 17.9 Å². The minimum absolute atomic E-state index is 0.355. The van der Waals surface area contributed by atoms with Crippen molar-refractivity contribution in [2.45, 2.75) is 38.6 Å². The fraction of sp³-hybridized carbons (Fsp3) is 0.909. The summed E-state index contributed by atoms with van der Waals surface area (Å²) >= 11 is 0. The second-order valence-electron chi connectivity index (χ2n) is 4.60. The lowest BCUT2D eigenvalue weighted by molar-refractivity contribution is -0.131. The normalized spacial score (nSPS) is 31.6. The summed E-state index contributed by atoms with van der Waals surface area (Å²) in [6, 6.07) is 0.564. The molecule has 0 spiro atoms. The highest BCUT2D eigenvalue weighted by atomic mass is 16.2. The summed E-state index contributed by atoms with van der Waals surface area (Å²) < 4.78 is 0. The molecule has 2 unspecified atom stereocenters. The summed E-state index contributed by atoms with van der Waals surface area (Å²) in [6.45, 7) is 5.11. The summed E-state index contributed by atoms with van der Waals surface area (Å²) in [6.07, 6.45) is 4.24. The fourth-order valence-corrected chi connectivity index (χ4v) is 2.51. The van der Waals surface area contributed by atoms with Crippen molar-refractivity contribution in [2.75, 3.05) is 19.6 Å². The summed E-state index contributed by atoms with van der Waals surface area (Å²) in [4.78, 5) is 13.8.